The largest absolute Gasteiger partial charge is 0.0816 e. The van der Waals surface area contributed by atoms with Gasteiger partial charge in [-0.2, -0.15) is 0 Å². The zero-order valence-electron chi connectivity index (χ0n) is 6.81. The summed E-state index contributed by atoms with van der Waals surface area (Å²) in [4.78, 5) is 0. The van der Waals surface area contributed by atoms with Crippen LogP contribution in [0.1, 0.15) is 26.2 Å². The summed E-state index contributed by atoms with van der Waals surface area (Å²) in [6, 6.07) is 0. The molecule has 4 rings (SSSR count). The molecule has 0 N–H and O–H groups in total. The van der Waals surface area contributed by atoms with Gasteiger partial charge in [-0.25, -0.2) is 0 Å². The number of halogens is 1. The zero-order valence-corrected chi connectivity index (χ0v) is 8.97. The van der Waals surface area contributed by atoms with Gasteiger partial charge in [0, 0.05) is 3.92 Å². The highest BCUT2D eigenvalue weighted by Gasteiger charge is 2.98. The predicted molar refractivity (Wildman–Crippen MR) is 52.7 cm³/mol. The van der Waals surface area contributed by atoms with E-state index in [1.54, 1.807) is 19.3 Å². The summed E-state index contributed by atoms with van der Waals surface area (Å²) >= 11 is 2.73. The van der Waals surface area contributed by atoms with Crippen molar-refractivity contribution >= 4 is 22.6 Å². The molecule has 1 heteroatoms. The van der Waals surface area contributed by atoms with E-state index in [0.717, 1.165) is 20.7 Å². The van der Waals surface area contributed by atoms with Gasteiger partial charge in [-0.3, -0.25) is 0 Å². The van der Waals surface area contributed by atoms with E-state index in [4.69, 9.17) is 0 Å². The highest BCUT2D eigenvalue weighted by molar-refractivity contribution is 14.1. The second kappa shape index (κ2) is 1.32. The predicted octanol–water partition coefficient (Wildman–Crippen LogP) is 2.86. The average Bonchev–Trinajstić information content (AvgIpc) is 2.86. The molecule has 0 aromatic rings. The Balaban J connectivity index is 1.83. The fourth-order valence-corrected chi connectivity index (χ4v) is 7.17. The van der Waals surface area contributed by atoms with Gasteiger partial charge in [-0.05, 0) is 47.8 Å². The van der Waals surface area contributed by atoms with Crippen LogP contribution in [0.15, 0.2) is 0 Å². The lowest BCUT2D eigenvalue weighted by atomic mass is 10.1. The Morgan fingerprint density at radius 3 is 2.45 bits per heavy atom. The maximum atomic E-state index is 2.73. The Bertz CT molecular complexity index is 262. The van der Waals surface area contributed by atoms with E-state index in [0.29, 0.717) is 0 Å². The normalized spacial score (nSPS) is 81.3. The lowest BCUT2D eigenvalue weighted by Crippen LogP contribution is -1.88. The van der Waals surface area contributed by atoms with Gasteiger partial charge in [0.25, 0.3) is 0 Å². The van der Waals surface area contributed by atoms with Crippen molar-refractivity contribution < 1.29 is 0 Å². The highest BCUT2D eigenvalue weighted by atomic mass is 127. The van der Waals surface area contributed by atoms with Crippen molar-refractivity contribution in [3.63, 3.8) is 0 Å². The van der Waals surface area contributed by atoms with Crippen LogP contribution < -0.4 is 0 Å². The molecule has 0 radical (unpaired) electrons. The molecule has 60 valence electrons. The molecule has 4 saturated carbocycles. The van der Waals surface area contributed by atoms with Crippen molar-refractivity contribution in [2.24, 2.45) is 28.6 Å². The van der Waals surface area contributed by atoms with E-state index in [1.165, 1.54) is 11.8 Å². The van der Waals surface area contributed by atoms with Gasteiger partial charge in [-0.15, -0.1) is 0 Å². The first-order valence-electron chi connectivity index (χ1n) is 4.90. The Morgan fingerprint density at radius 1 is 1.36 bits per heavy atom. The second-order valence-electron chi connectivity index (χ2n) is 5.22. The van der Waals surface area contributed by atoms with Gasteiger partial charge < -0.3 is 0 Å². The van der Waals surface area contributed by atoms with Gasteiger partial charge in [0.15, 0.2) is 0 Å². The quantitative estimate of drug-likeness (QED) is 0.464. The fraction of sp³-hybridized carbons (Fsp3) is 1.00. The molecule has 4 fully saturated rings. The van der Waals surface area contributed by atoms with E-state index in [-0.39, 0.29) is 0 Å². The average molecular weight is 260 g/mol. The van der Waals surface area contributed by atoms with Crippen LogP contribution in [-0.4, -0.2) is 3.92 Å². The van der Waals surface area contributed by atoms with Crippen LogP contribution in [0.2, 0.25) is 0 Å². The van der Waals surface area contributed by atoms with Gasteiger partial charge >= 0.3 is 0 Å². The van der Waals surface area contributed by atoms with Crippen LogP contribution in [0.5, 0.6) is 0 Å². The van der Waals surface area contributed by atoms with Crippen LogP contribution in [-0.2, 0) is 0 Å². The van der Waals surface area contributed by atoms with Crippen molar-refractivity contribution in [2.45, 2.75) is 30.1 Å². The first-order valence-corrected chi connectivity index (χ1v) is 6.15. The fourth-order valence-electron chi connectivity index (χ4n) is 4.95. The monoisotopic (exact) mass is 260 g/mol. The third-order valence-corrected chi connectivity index (χ3v) is 7.26. The molecule has 0 aromatic carbocycles. The third kappa shape index (κ3) is 0.359. The molecular formula is C10H13I. The molecule has 4 aliphatic rings. The van der Waals surface area contributed by atoms with Crippen LogP contribution in [0, 0.1) is 28.6 Å². The Labute approximate surface area is 81.3 Å². The molecule has 4 aliphatic carbocycles. The van der Waals surface area contributed by atoms with Crippen LogP contribution in [0.3, 0.4) is 0 Å². The third-order valence-electron chi connectivity index (χ3n) is 5.36. The van der Waals surface area contributed by atoms with Gasteiger partial charge in [0.1, 0.15) is 0 Å². The molecule has 0 bridgehead atoms. The second-order valence-corrected chi connectivity index (χ2v) is 6.56. The van der Waals surface area contributed by atoms with Gasteiger partial charge in [0.05, 0.1) is 0 Å². The van der Waals surface area contributed by atoms with Crippen LogP contribution in [0.4, 0.5) is 0 Å². The molecular weight excluding hydrogens is 247 g/mol. The number of hydrogen-bond acceptors (Lipinski definition) is 0. The molecule has 6 atom stereocenters. The Morgan fingerprint density at radius 2 is 2.09 bits per heavy atom. The zero-order chi connectivity index (χ0) is 7.43. The van der Waals surface area contributed by atoms with Crippen LogP contribution >= 0.6 is 22.6 Å². The summed E-state index contributed by atoms with van der Waals surface area (Å²) < 4.78 is 1.10. The number of fused-ring (bicyclic) bond motifs is 1. The van der Waals surface area contributed by atoms with E-state index in [9.17, 15) is 0 Å². The molecule has 0 nitrogen and oxygen atoms in total. The summed E-state index contributed by atoms with van der Waals surface area (Å²) in [5.74, 6) is 3.49. The number of rotatable bonds is 0. The van der Waals surface area contributed by atoms with Crippen molar-refractivity contribution in [3.8, 4) is 0 Å². The molecule has 0 heterocycles. The van der Waals surface area contributed by atoms with Crippen molar-refractivity contribution in [1.82, 2.24) is 0 Å². The summed E-state index contributed by atoms with van der Waals surface area (Å²) in [5, 5.41) is 0. The summed E-state index contributed by atoms with van der Waals surface area (Å²) in [7, 11) is 0. The Hall–Kier alpha value is 0.730. The lowest BCUT2D eigenvalue weighted by molar-refractivity contribution is 0.538. The van der Waals surface area contributed by atoms with E-state index in [2.05, 4.69) is 29.5 Å². The molecule has 0 aliphatic heterocycles. The number of alkyl halides is 1. The van der Waals surface area contributed by atoms with E-state index in [1.807, 2.05) is 0 Å². The first-order chi connectivity index (χ1) is 5.26. The van der Waals surface area contributed by atoms with E-state index >= 15 is 0 Å². The first kappa shape index (κ1) is 6.22. The Kier molecular flexibility index (Phi) is 0.748. The van der Waals surface area contributed by atoms with E-state index < -0.39 is 0 Å². The van der Waals surface area contributed by atoms with Crippen LogP contribution in [0.25, 0.3) is 0 Å². The standard InChI is InChI=1S/C10H13I/c1-5-4-9(5)7-3-2-6-8(11)10(6,7)9/h5-8H,2-4H2,1H3/t5?,6?,7?,8-,9?,10?/m1/s1. The molecule has 0 saturated heterocycles. The number of hydrogen-bond donors (Lipinski definition) is 0. The lowest BCUT2D eigenvalue weighted by Gasteiger charge is -1.95. The minimum Gasteiger partial charge on any atom is -0.0816 e. The highest BCUT2D eigenvalue weighted by Crippen LogP contribution is 3.01. The smallest absolute Gasteiger partial charge is 0.0212 e. The molecule has 0 aromatic heterocycles. The molecule has 0 amide bonds. The van der Waals surface area contributed by atoms with Crippen molar-refractivity contribution in [3.05, 3.63) is 0 Å². The van der Waals surface area contributed by atoms with Gasteiger partial charge in [-0.1, -0.05) is 29.5 Å². The minimum absolute atomic E-state index is 0.946. The van der Waals surface area contributed by atoms with Gasteiger partial charge in [0.2, 0.25) is 0 Å². The SMILES string of the molecule is CC1CC12C1CCC3[C@@H](I)C312. The van der Waals surface area contributed by atoms with Crippen molar-refractivity contribution in [1.29, 1.82) is 0 Å². The maximum absolute atomic E-state index is 2.73. The molecule has 2 spiro atoms. The summed E-state index contributed by atoms with van der Waals surface area (Å²) in [6.45, 7) is 2.48. The molecule has 11 heavy (non-hydrogen) atoms. The maximum Gasteiger partial charge on any atom is 0.0212 e. The molecule has 5 unspecified atom stereocenters. The minimum atomic E-state index is 0.946. The summed E-state index contributed by atoms with van der Waals surface area (Å²) in [6.07, 6.45) is 4.76. The van der Waals surface area contributed by atoms with Crippen molar-refractivity contribution in [2.75, 3.05) is 0 Å². The summed E-state index contributed by atoms with van der Waals surface area (Å²) in [5.41, 5.74) is 1.90. The topological polar surface area (TPSA) is 0 Å².